The van der Waals surface area contributed by atoms with Crippen LogP contribution in [0.4, 0.5) is 0 Å². The van der Waals surface area contributed by atoms with Crippen LogP contribution in [0.1, 0.15) is 42.6 Å². The second-order valence-electron chi connectivity index (χ2n) is 5.22. The van der Waals surface area contributed by atoms with E-state index in [0.717, 1.165) is 5.56 Å². The lowest BCUT2D eigenvalue weighted by atomic mass is 9.97. The van der Waals surface area contributed by atoms with E-state index in [1.807, 2.05) is 13.0 Å². The molecule has 2 N–H and O–H groups in total. The number of aryl methyl sites for hydroxylation is 1. The number of carbonyl (C=O) groups is 2. The standard InChI is InChI=1S/C14H18ClNO3/c1-9-4-5-10(11(15)8-9)13(19)16-14(2,3)7-6-12(17)18/h4-5,8H,6-7H2,1-3H3,(H,16,19)(H,17,18). The summed E-state index contributed by atoms with van der Waals surface area (Å²) in [6.45, 7) is 5.47. The Morgan fingerprint density at radius 1 is 1.37 bits per heavy atom. The van der Waals surface area contributed by atoms with Crippen molar-refractivity contribution in [2.45, 2.75) is 39.2 Å². The fourth-order valence-corrected chi connectivity index (χ4v) is 1.98. The van der Waals surface area contributed by atoms with E-state index in [9.17, 15) is 9.59 Å². The zero-order valence-electron chi connectivity index (χ0n) is 11.3. The largest absolute Gasteiger partial charge is 0.481 e. The minimum absolute atomic E-state index is 0.00884. The van der Waals surface area contributed by atoms with Crippen molar-refractivity contribution in [3.8, 4) is 0 Å². The molecule has 1 aromatic rings. The molecule has 0 bridgehead atoms. The fourth-order valence-electron chi connectivity index (χ4n) is 1.66. The Labute approximate surface area is 117 Å². The number of carboxylic acids is 1. The number of benzene rings is 1. The van der Waals surface area contributed by atoms with Crippen LogP contribution in [0, 0.1) is 6.92 Å². The van der Waals surface area contributed by atoms with Crippen LogP contribution in [0.5, 0.6) is 0 Å². The van der Waals surface area contributed by atoms with Gasteiger partial charge in [0.1, 0.15) is 0 Å². The first-order chi connectivity index (χ1) is 8.71. The molecule has 104 valence electrons. The quantitative estimate of drug-likeness (QED) is 0.873. The predicted molar refractivity (Wildman–Crippen MR) is 74.6 cm³/mol. The minimum atomic E-state index is -0.879. The highest BCUT2D eigenvalue weighted by atomic mass is 35.5. The van der Waals surface area contributed by atoms with Crippen LogP contribution < -0.4 is 5.32 Å². The van der Waals surface area contributed by atoms with Gasteiger partial charge >= 0.3 is 5.97 Å². The summed E-state index contributed by atoms with van der Waals surface area (Å²) in [5.41, 5.74) is 0.784. The van der Waals surface area contributed by atoms with Crippen LogP contribution in [0.2, 0.25) is 5.02 Å². The molecule has 0 fully saturated rings. The molecule has 0 saturated heterocycles. The van der Waals surface area contributed by atoms with Gasteiger partial charge in [0, 0.05) is 12.0 Å². The van der Waals surface area contributed by atoms with E-state index in [0.29, 0.717) is 17.0 Å². The van der Waals surface area contributed by atoms with Gasteiger partial charge in [-0.3, -0.25) is 9.59 Å². The monoisotopic (exact) mass is 283 g/mol. The summed E-state index contributed by atoms with van der Waals surface area (Å²) >= 11 is 6.03. The molecule has 0 aliphatic rings. The lowest BCUT2D eigenvalue weighted by Gasteiger charge is -2.25. The van der Waals surface area contributed by atoms with E-state index in [2.05, 4.69) is 5.32 Å². The number of rotatable bonds is 5. The molecule has 1 aromatic carbocycles. The molecule has 0 aromatic heterocycles. The third-order valence-corrected chi connectivity index (χ3v) is 3.10. The van der Waals surface area contributed by atoms with Gasteiger partial charge in [0.05, 0.1) is 10.6 Å². The molecule has 1 amide bonds. The van der Waals surface area contributed by atoms with Crippen LogP contribution >= 0.6 is 11.6 Å². The first kappa shape index (κ1) is 15.5. The molecule has 0 aliphatic carbocycles. The number of carbonyl (C=O) groups excluding carboxylic acids is 1. The molecule has 0 atom stereocenters. The Balaban J connectivity index is 2.75. The molecule has 0 saturated carbocycles. The van der Waals surface area contributed by atoms with Crippen molar-refractivity contribution in [1.82, 2.24) is 5.32 Å². The average molecular weight is 284 g/mol. The van der Waals surface area contributed by atoms with Gasteiger partial charge in [-0.1, -0.05) is 17.7 Å². The van der Waals surface area contributed by atoms with Gasteiger partial charge in [0.15, 0.2) is 0 Å². The average Bonchev–Trinajstić information content (AvgIpc) is 2.25. The third kappa shape index (κ3) is 4.91. The molecule has 0 radical (unpaired) electrons. The fraction of sp³-hybridized carbons (Fsp3) is 0.429. The summed E-state index contributed by atoms with van der Waals surface area (Å²) in [6, 6.07) is 5.20. The summed E-state index contributed by atoms with van der Waals surface area (Å²) in [5, 5.41) is 11.9. The van der Waals surface area contributed by atoms with Gasteiger partial charge in [0.25, 0.3) is 5.91 Å². The SMILES string of the molecule is Cc1ccc(C(=O)NC(C)(C)CCC(=O)O)c(Cl)c1. The van der Waals surface area contributed by atoms with Crippen LogP contribution in [-0.4, -0.2) is 22.5 Å². The normalized spacial score (nSPS) is 11.2. The van der Waals surface area contributed by atoms with Gasteiger partial charge in [0.2, 0.25) is 0 Å². The number of aliphatic carboxylic acids is 1. The number of amides is 1. The topological polar surface area (TPSA) is 66.4 Å². The molecule has 5 heteroatoms. The Bertz CT molecular complexity index is 497. The molecular formula is C14H18ClNO3. The summed E-state index contributed by atoms with van der Waals surface area (Å²) in [4.78, 5) is 22.7. The van der Waals surface area contributed by atoms with Gasteiger partial charge in [-0.25, -0.2) is 0 Å². The van der Waals surface area contributed by atoms with Crippen molar-refractivity contribution in [2.75, 3.05) is 0 Å². The third-order valence-electron chi connectivity index (χ3n) is 2.78. The number of hydrogen-bond donors (Lipinski definition) is 2. The second-order valence-corrected chi connectivity index (χ2v) is 5.62. The highest BCUT2D eigenvalue weighted by molar-refractivity contribution is 6.33. The minimum Gasteiger partial charge on any atom is -0.481 e. The Morgan fingerprint density at radius 3 is 2.53 bits per heavy atom. The molecule has 19 heavy (non-hydrogen) atoms. The van der Waals surface area contributed by atoms with E-state index in [-0.39, 0.29) is 12.3 Å². The van der Waals surface area contributed by atoms with Crippen molar-refractivity contribution >= 4 is 23.5 Å². The Hall–Kier alpha value is -1.55. The number of halogens is 1. The zero-order chi connectivity index (χ0) is 14.6. The maximum absolute atomic E-state index is 12.1. The lowest BCUT2D eigenvalue weighted by Crippen LogP contribution is -2.43. The highest BCUT2D eigenvalue weighted by Crippen LogP contribution is 2.19. The van der Waals surface area contributed by atoms with E-state index < -0.39 is 11.5 Å². The second kappa shape index (κ2) is 6.06. The van der Waals surface area contributed by atoms with E-state index >= 15 is 0 Å². The first-order valence-electron chi connectivity index (χ1n) is 6.02. The number of carboxylic acid groups (broad SMARTS) is 1. The van der Waals surface area contributed by atoms with Gasteiger partial charge in [-0.2, -0.15) is 0 Å². The van der Waals surface area contributed by atoms with Crippen molar-refractivity contribution in [1.29, 1.82) is 0 Å². The molecule has 0 spiro atoms. The summed E-state index contributed by atoms with van der Waals surface area (Å²) in [5.74, 6) is -1.17. The number of nitrogens with one attached hydrogen (secondary N) is 1. The Morgan fingerprint density at radius 2 is 2.00 bits per heavy atom. The van der Waals surface area contributed by atoms with Gasteiger partial charge in [-0.15, -0.1) is 0 Å². The van der Waals surface area contributed by atoms with Gasteiger partial charge in [-0.05, 0) is 44.9 Å². The molecule has 0 heterocycles. The highest BCUT2D eigenvalue weighted by Gasteiger charge is 2.23. The summed E-state index contributed by atoms with van der Waals surface area (Å²) < 4.78 is 0. The summed E-state index contributed by atoms with van der Waals surface area (Å²) in [7, 11) is 0. The van der Waals surface area contributed by atoms with Crippen LogP contribution in [0.3, 0.4) is 0 Å². The first-order valence-corrected chi connectivity index (χ1v) is 6.39. The maximum Gasteiger partial charge on any atom is 0.303 e. The van der Waals surface area contributed by atoms with Crippen molar-refractivity contribution in [3.63, 3.8) is 0 Å². The molecule has 1 rings (SSSR count). The van der Waals surface area contributed by atoms with Crippen molar-refractivity contribution in [3.05, 3.63) is 34.3 Å². The van der Waals surface area contributed by atoms with E-state index in [4.69, 9.17) is 16.7 Å². The summed E-state index contributed by atoms with van der Waals surface area (Å²) in [6.07, 6.45) is 0.368. The molecular weight excluding hydrogens is 266 g/mol. The maximum atomic E-state index is 12.1. The Kier molecular flexibility index (Phi) is 4.95. The molecule has 0 aliphatic heterocycles. The zero-order valence-corrected chi connectivity index (χ0v) is 12.0. The van der Waals surface area contributed by atoms with Crippen LogP contribution in [0.25, 0.3) is 0 Å². The number of hydrogen-bond acceptors (Lipinski definition) is 2. The lowest BCUT2D eigenvalue weighted by molar-refractivity contribution is -0.137. The van der Waals surface area contributed by atoms with Crippen molar-refractivity contribution < 1.29 is 14.7 Å². The predicted octanol–water partition coefficient (Wildman–Crippen LogP) is 3.02. The van der Waals surface area contributed by atoms with E-state index in [1.165, 1.54) is 0 Å². The van der Waals surface area contributed by atoms with Crippen LogP contribution in [0.15, 0.2) is 18.2 Å². The van der Waals surface area contributed by atoms with Crippen LogP contribution in [-0.2, 0) is 4.79 Å². The molecule has 0 unspecified atom stereocenters. The van der Waals surface area contributed by atoms with Gasteiger partial charge < -0.3 is 10.4 Å². The molecule has 4 nitrogen and oxygen atoms in total. The van der Waals surface area contributed by atoms with E-state index in [1.54, 1.807) is 26.0 Å². The van der Waals surface area contributed by atoms with Crippen molar-refractivity contribution in [2.24, 2.45) is 0 Å². The smallest absolute Gasteiger partial charge is 0.303 e.